The van der Waals surface area contributed by atoms with E-state index in [-0.39, 0.29) is 0 Å². The van der Waals surface area contributed by atoms with Crippen molar-refractivity contribution >= 4 is 11.0 Å². The minimum Gasteiger partial charge on any atom is -0.468 e. The van der Waals surface area contributed by atoms with Gasteiger partial charge in [-0.3, -0.25) is 0 Å². The number of imidazole rings is 1. The summed E-state index contributed by atoms with van der Waals surface area (Å²) in [6.07, 6.45) is 0. The summed E-state index contributed by atoms with van der Waals surface area (Å²) in [6, 6.07) is 7.88. The molecule has 1 aromatic carbocycles. The molecule has 2 aromatic rings. The number of para-hydroxylation sites is 1. The Morgan fingerprint density at radius 3 is 3.08 bits per heavy atom. The first kappa shape index (κ1) is 7.62. The first-order valence-corrected chi connectivity index (χ1v) is 3.78. The van der Waals surface area contributed by atoms with Crippen LogP contribution in [0.2, 0.25) is 0 Å². The minimum atomic E-state index is 0.428. The van der Waals surface area contributed by atoms with E-state index >= 15 is 0 Å². The van der Waals surface area contributed by atoms with Crippen LogP contribution < -0.4 is 4.74 Å². The lowest BCUT2D eigenvalue weighted by atomic mass is 10.2. The molecule has 0 aliphatic rings. The van der Waals surface area contributed by atoms with Gasteiger partial charge in [-0.2, -0.15) is 10.2 Å². The largest absolute Gasteiger partial charge is 0.468 e. The van der Waals surface area contributed by atoms with Crippen molar-refractivity contribution in [2.75, 3.05) is 7.11 Å². The molecule has 1 N–H and O–H groups in total. The Labute approximate surface area is 74.8 Å². The number of aromatic nitrogens is 2. The highest BCUT2D eigenvalue weighted by Gasteiger charge is 2.05. The molecule has 0 aliphatic heterocycles. The van der Waals surface area contributed by atoms with Gasteiger partial charge in [0.1, 0.15) is 11.6 Å². The molecule has 0 bridgehead atoms. The molecule has 13 heavy (non-hydrogen) atoms. The van der Waals surface area contributed by atoms with Crippen molar-refractivity contribution in [3.63, 3.8) is 0 Å². The van der Waals surface area contributed by atoms with Crippen LogP contribution in [0.4, 0.5) is 0 Å². The Morgan fingerprint density at radius 2 is 2.38 bits per heavy atom. The number of H-pyrrole nitrogens is 1. The summed E-state index contributed by atoms with van der Waals surface area (Å²) in [5, 5.41) is 8.77. The molecule has 4 nitrogen and oxygen atoms in total. The normalized spacial score (nSPS) is 9.85. The standard InChI is InChI=1S/C9H7N3O/c1-13-9-11-7-4-2-3-6(5-10)8(7)12-9/h2-4H,1H3,(H,11,12). The van der Waals surface area contributed by atoms with Crippen LogP contribution in [0.5, 0.6) is 6.01 Å². The van der Waals surface area contributed by atoms with Gasteiger partial charge in [-0.25, -0.2) is 0 Å². The van der Waals surface area contributed by atoms with Crippen LogP contribution in [0.25, 0.3) is 11.0 Å². The average Bonchev–Trinajstić information content (AvgIpc) is 2.59. The lowest BCUT2D eigenvalue weighted by molar-refractivity contribution is 0.386. The molecular weight excluding hydrogens is 166 g/mol. The second kappa shape index (κ2) is 2.79. The molecule has 64 valence electrons. The maximum Gasteiger partial charge on any atom is 0.294 e. The van der Waals surface area contributed by atoms with E-state index in [1.165, 1.54) is 7.11 Å². The number of ether oxygens (including phenoxy) is 1. The third-order valence-corrected chi connectivity index (χ3v) is 1.80. The number of aromatic amines is 1. The van der Waals surface area contributed by atoms with Crippen molar-refractivity contribution in [1.29, 1.82) is 5.26 Å². The second-order valence-electron chi connectivity index (χ2n) is 2.56. The van der Waals surface area contributed by atoms with E-state index in [0.717, 1.165) is 5.52 Å². The van der Waals surface area contributed by atoms with Gasteiger partial charge in [-0.1, -0.05) is 6.07 Å². The smallest absolute Gasteiger partial charge is 0.294 e. The van der Waals surface area contributed by atoms with E-state index in [4.69, 9.17) is 10.00 Å². The summed E-state index contributed by atoms with van der Waals surface area (Å²) in [6.45, 7) is 0. The van der Waals surface area contributed by atoms with E-state index in [9.17, 15) is 0 Å². The summed E-state index contributed by atoms with van der Waals surface area (Å²) in [5.74, 6) is 0. The first-order chi connectivity index (χ1) is 6.35. The van der Waals surface area contributed by atoms with Gasteiger partial charge in [0.15, 0.2) is 0 Å². The van der Waals surface area contributed by atoms with Crippen molar-refractivity contribution < 1.29 is 4.74 Å². The number of benzene rings is 1. The van der Waals surface area contributed by atoms with E-state index in [2.05, 4.69) is 16.0 Å². The molecule has 0 fully saturated rings. The number of hydrogen-bond acceptors (Lipinski definition) is 3. The minimum absolute atomic E-state index is 0.428. The number of fused-ring (bicyclic) bond motifs is 1. The molecule has 0 radical (unpaired) electrons. The van der Waals surface area contributed by atoms with Crippen LogP contribution in [0.15, 0.2) is 18.2 Å². The molecule has 0 atom stereocenters. The molecular formula is C9H7N3O. The number of nitrogens with zero attached hydrogens (tertiary/aromatic N) is 2. The van der Waals surface area contributed by atoms with Gasteiger partial charge in [-0.15, -0.1) is 0 Å². The molecule has 0 amide bonds. The monoisotopic (exact) mass is 173 g/mol. The predicted octanol–water partition coefficient (Wildman–Crippen LogP) is 1.44. The van der Waals surface area contributed by atoms with Crippen LogP contribution in [-0.2, 0) is 0 Å². The fraction of sp³-hybridized carbons (Fsp3) is 0.111. The zero-order chi connectivity index (χ0) is 9.26. The molecule has 0 spiro atoms. The second-order valence-corrected chi connectivity index (χ2v) is 2.56. The van der Waals surface area contributed by atoms with Crippen LogP contribution in [0, 0.1) is 11.3 Å². The van der Waals surface area contributed by atoms with E-state index in [0.29, 0.717) is 17.1 Å². The fourth-order valence-electron chi connectivity index (χ4n) is 1.20. The quantitative estimate of drug-likeness (QED) is 0.709. The number of methoxy groups -OCH3 is 1. The molecule has 1 heterocycles. The Hall–Kier alpha value is -2.02. The van der Waals surface area contributed by atoms with Gasteiger partial charge in [0, 0.05) is 0 Å². The summed E-state index contributed by atoms with van der Waals surface area (Å²) >= 11 is 0. The third kappa shape index (κ3) is 1.11. The number of nitriles is 1. The van der Waals surface area contributed by atoms with Crippen LogP contribution in [0.1, 0.15) is 5.56 Å². The summed E-state index contributed by atoms with van der Waals surface area (Å²) < 4.78 is 4.92. The topological polar surface area (TPSA) is 61.7 Å². The van der Waals surface area contributed by atoms with Crippen molar-refractivity contribution in [3.05, 3.63) is 23.8 Å². The number of nitrogens with one attached hydrogen (secondary N) is 1. The van der Waals surface area contributed by atoms with Gasteiger partial charge in [-0.05, 0) is 12.1 Å². The van der Waals surface area contributed by atoms with Crippen molar-refractivity contribution in [3.8, 4) is 12.1 Å². The lowest BCUT2D eigenvalue weighted by Gasteiger charge is -1.87. The molecule has 2 rings (SSSR count). The maximum absolute atomic E-state index is 8.77. The Kier molecular flexibility index (Phi) is 1.64. The van der Waals surface area contributed by atoms with Gasteiger partial charge < -0.3 is 9.72 Å². The Morgan fingerprint density at radius 1 is 1.54 bits per heavy atom. The van der Waals surface area contributed by atoms with Crippen molar-refractivity contribution in [2.45, 2.75) is 0 Å². The van der Waals surface area contributed by atoms with Gasteiger partial charge >= 0.3 is 0 Å². The SMILES string of the molecule is COc1nc2c(C#N)cccc2[nH]1. The predicted molar refractivity (Wildman–Crippen MR) is 47.4 cm³/mol. The van der Waals surface area contributed by atoms with E-state index < -0.39 is 0 Å². The molecule has 1 aromatic heterocycles. The highest BCUT2D eigenvalue weighted by Crippen LogP contribution is 2.18. The lowest BCUT2D eigenvalue weighted by Crippen LogP contribution is -1.82. The zero-order valence-electron chi connectivity index (χ0n) is 7.03. The van der Waals surface area contributed by atoms with Crippen molar-refractivity contribution in [2.24, 2.45) is 0 Å². The first-order valence-electron chi connectivity index (χ1n) is 3.78. The van der Waals surface area contributed by atoms with Crippen molar-refractivity contribution in [1.82, 2.24) is 9.97 Å². The highest BCUT2D eigenvalue weighted by atomic mass is 16.5. The van der Waals surface area contributed by atoms with Gasteiger partial charge in [0.25, 0.3) is 6.01 Å². The maximum atomic E-state index is 8.77. The molecule has 0 aliphatic carbocycles. The molecule has 4 heteroatoms. The van der Waals surface area contributed by atoms with Crippen LogP contribution in [0.3, 0.4) is 0 Å². The molecule has 0 unspecified atom stereocenters. The van der Waals surface area contributed by atoms with Gasteiger partial charge in [0.2, 0.25) is 0 Å². The summed E-state index contributed by atoms with van der Waals surface area (Å²) in [7, 11) is 1.53. The average molecular weight is 173 g/mol. The summed E-state index contributed by atoms with van der Waals surface area (Å²) in [5.41, 5.74) is 2.02. The van der Waals surface area contributed by atoms with Crippen LogP contribution in [-0.4, -0.2) is 17.1 Å². The summed E-state index contributed by atoms with van der Waals surface area (Å²) in [4.78, 5) is 7.04. The molecule has 0 saturated carbocycles. The van der Waals surface area contributed by atoms with E-state index in [1.54, 1.807) is 12.1 Å². The number of hydrogen-bond donors (Lipinski definition) is 1. The van der Waals surface area contributed by atoms with E-state index in [1.807, 2.05) is 6.07 Å². The molecule has 0 saturated heterocycles. The Bertz CT molecular complexity index is 481. The van der Waals surface area contributed by atoms with Gasteiger partial charge in [0.05, 0.1) is 18.2 Å². The number of rotatable bonds is 1. The highest BCUT2D eigenvalue weighted by molar-refractivity contribution is 5.81. The fourth-order valence-corrected chi connectivity index (χ4v) is 1.20. The zero-order valence-corrected chi connectivity index (χ0v) is 7.03. The Balaban J connectivity index is 2.76. The van der Waals surface area contributed by atoms with Crippen LogP contribution >= 0.6 is 0 Å². The third-order valence-electron chi connectivity index (χ3n) is 1.80.